The molecule has 198 valence electrons. The lowest BCUT2D eigenvalue weighted by Crippen LogP contribution is -2.49. The molecule has 3 aliphatic heterocycles. The van der Waals surface area contributed by atoms with E-state index in [1.54, 1.807) is 0 Å². The topological polar surface area (TPSA) is 59.1 Å². The van der Waals surface area contributed by atoms with Gasteiger partial charge in [0.1, 0.15) is 0 Å². The van der Waals surface area contributed by atoms with Gasteiger partial charge in [-0.15, -0.1) is 0 Å². The number of urea groups is 1. The van der Waals surface area contributed by atoms with E-state index >= 15 is 0 Å². The molecule has 0 bridgehead atoms. The van der Waals surface area contributed by atoms with Crippen LogP contribution in [0.25, 0.3) is 11.1 Å². The molecule has 0 saturated carbocycles. The minimum atomic E-state index is 0.00985. The van der Waals surface area contributed by atoms with Crippen molar-refractivity contribution in [2.75, 3.05) is 53.4 Å². The Kier molecular flexibility index (Phi) is 7.81. The average Bonchev–Trinajstić information content (AvgIpc) is 3.63. The number of benzene rings is 2. The Balaban J connectivity index is 1.14. The fraction of sp³-hybridized carbons (Fsp3) is 0.533. The number of carbonyl (C=O) groups is 2. The van der Waals surface area contributed by atoms with Crippen molar-refractivity contribution in [1.82, 2.24) is 24.9 Å². The van der Waals surface area contributed by atoms with Crippen LogP contribution in [-0.2, 0) is 0 Å². The van der Waals surface area contributed by atoms with Crippen molar-refractivity contribution in [3.05, 3.63) is 59.7 Å². The highest BCUT2D eigenvalue weighted by atomic mass is 16.2. The van der Waals surface area contributed by atoms with Crippen LogP contribution in [0.2, 0.25) is 0 Å². The Hall–Kier alpha value is -2.90. The third kappa shape index (κ3) is 5.68. The quantitative estimate of drug-likeness (QED) is 0.676. The molecule has 3 fully saturated rings. The first-order chi connectivity index (χ1) is 17.9. The highest BCUT2D eigenvalue weighted by Crippen LogP contribution is 2.25. The lowest BCUT2D eigenvalue weighted by Gasteiger charge is -2.33. The number of carbonyl (C=O) groups excluding carboxylic acids is 2. The Labute approximate surface area is 221 Å². The summed E-state index contributed by atoms with van der Waals surface area (Å²) in [6, 6.07) is 17.3. The summed E-state index contributed by atoms with van der Waals surface area (Å²) in [6.45, 7) is 7.58. The Morgan fingerprint density at radius 2 is 1.49 bits per heavy atom. The molecule has 0 radical (unpaired) electrons. The lowest BCUT2D eigenvalue weighted by molar-refractivity contribution is 0.0734. The van der Waals surface area contributed by atoms with Crippen molar-refractivity contribution in [3.8, 4) is 11.1 Å². The van der Waals surface area contributed by atoms with Crippen molar-refractivity contribution >= 4 is 11.9 Å². The van der Waals surface area contributed by atoms with Gasteiger partial charge in [0.15, 0.2) is 0 Å². The first kappa shape index (κ1) is 25.7. The summed E-state index contributed by atoms with van der Waals surface area (Å²) in [5.74, 6) is 0.00985. The molecule has 0 aromatic heterocycles. The zero-order chi connectivity index (χ0) is 25.9. The molecule has 37 heavy (non-hydrogen) atoms. The van der Waals surface area contributed by atoms with Crippen molar-refractivity contribution in [3.63, 3.8) is 0 Å². The number of rotatable bonds is 5. The zero-order valence-electron chi connectivity index (χ0n) is 22.5. The fourth-order valence-electron chi connectivity index (χ4n) is 6.09. The van der Waals surface area contributed by atoms with Crippen LogP contribution < -0.4 is 5.32 Å². The molecule has 3 saturated heterocycles. The smallest absolute Gasteiger partial charge is 0.320 e. The minimum Gasteiger partial charge on any atom is -0.337 e. The van der Waals surface area contributed by atoms with Gasteiger partial charge in [-0.1, -0.05) is 42.0 Å². The molecule has 7 nitrogen and oxygen atoms in total. The maximum Gasteiger partial charge on any atom is 0.320 e. The van der Waals surface area contributed by atoms with E-state index in [0.717, 1.165) is 50.1 Å². The van der Waals surface area contributed by atoms with Crippen LogP contribution in [0.5, 0.6) is 0 Å². The van der Waals surface area contributed by atoms with E-state index in [2.05, 4.69) is 41.4 Å². The van der Waals surface area contributed by atoms with Crippen LogP contribution in [0.4, 0.5) is 4.79 Å². The van der Waals surface area contributed by atoms with Gasteiger partial charge < -0.3 is 20.0 Å². The summed E-state index contributed by atoms with van der Waals surface area (Å²) in [5, 5.41) is 3.51. The monoisotopic (exact) mass is 503 g/mol. The first-order valence-corrected chi connectivity index (χ1v) is 13.8. The molecule has 0 spiro atoms. The number of nitrogens with one attached hydrogen (secondary N) is 1. The Morgan fingerprint density at radius 3 is 2.16 bits per heavy atom. The van der Waals surface area contributed by atoms with E-state index in [-0.39, 0.29) is 24.0 Å². The number of likely N-dealkylation sites (N-methyl/N-ethyl adjacent to an activating group) is 2. The number of nitrogens with zero attached hydrogens (tertiary/aromatic N) is 4. The fourth-order valence-corrected chi connectivity index (χ4v) is 6.09. The van der Waals surface area contributed by atoms with E-state index in [0.29, 0.717) is 24.7 Å². The van der Waals surface area contributed by atoms with Gasteiger partial charge in [0, 0.05) is 64.5 Å². The second-order valence-corrected chi connectivity index (χ2v) is 11.1. The molecule has 3 amide bonds. The van der Waals surface area contributed by atoms with Gasteiger partial charge in [0.2, 0.25) is 0 Å². The molecular formula is C30H41N5O2. The number of likely N-dealkylation sites (tertiary alicyclic amines) is 2. The summed E-state index contributed by atoms with van der Waals surface area (Å²) >= 11 is 0. The number of hydrogen-bond acceptors (Lipinski definition) is 4. The molecule has 2 aromatic carbocycles. The summed E-state index contributed by atoms with van der Waals surface area (Å²) in [7, 11) is 3.82. The largest absolute Gasteiger partial charge is 0.337 e. The summed E-state index contributed by atoms with van der Waals surface area (Å²) in [4.78, 5) is 34.8. The second-order valence-electron chi connectivity index (χ2n) is 11.1. The van der Waals surface area contributed by atoms with Crippen LogP contribution >= 0.6 is 0 Å². The van der Waals surface area contributed by atoms with Gasteiger partial charge in [-0.05, 0) is 62.4 Å². The van der Waals surface area contributed by atoms with Crippen LogP contribution in [0.1, 0.15) is 41.6 Å². The van der Waals surface area contributed by atoms with Gasteiger partial charge >= 0.3 is 6.03 Å². The molecule has 3 atom stereocenters. The van der Waals surface area contributed by atoms with E-state index in [4.69, 9.17) is 0 Å². The SMILES string of the molecule is Cc1ccc(-c2ccc(C(=O)N(C)C3CCN(C(=O)N(C)C4CCN(C5CCCNC5)C4)C3)cc2)cc1. The van der Waals surface area contributed by atoms with Crippen molar-refractivity contribution in [1.29, 1.82) is 0 Å². The van der Waals surface area contributed by atoms with Crippen molar-refractivity contribution in [2.45, 2.75) is 50.7 Å². The predicted octanol–water partition coefficient (Wildman–Crippen LogP) is 3.69. The van der Waals surface area contributed by atoms with Gasteiger partial charge in [-0.2, -0.15) is 0 Å². The Bertz CT molecular complexity index is 1080. The van der Waals surface area contributed by atoms with Crippen LogP contribution in [0.15, 0.2) is 48.5 Å². The molecule has 3 heterocycles. The van der Waals surface area contributed by atoms with Crippen LogP contribution in [-0.4, -0.2) is 103 Å². The highest BCUT2D eigenvalue weighted by molar-refractivity contribution is 5.95. The lowest BCUT2D eigenvalue weighted by atomic mass is 10.0. The number of piperidine rings is 1. The molecule has 0 aliphatic carbocycles. The molecule has 5 rings (SSSR count). The maximum absolute atomic E-state index is 13.3. The summed E-state index contributed by atoms with van der Waals surface area (Å²) in [5.41, 5.74) is 4.16. The standard InChI is InChI=1S/C30H41N5O2/c1-22-6-8-23(9-7-22)24-10-12-25(13-11-24)29(36)32(2)27-15-18-35(21-27)30(37)33(3)28-14-17-34(20-28)26-5-4-16-31-19-26/h6-13,26-28,31H,4-5,14-21H2,1-3H3. The third-order valence-electron chi connectivity index (χ3n) is 8.65. The number of aryl methyl sites for hydroxylation is 1. The zero-order valence-corrected chi connectivity index (χ0v) is 22.5. The normalized spacial score (nSPS) is 24.3. The summed E-state index contributed by atoms with van der Waals surface area (Å²) < 4.78 is 0. The molecule has 1 N–H and O–H groups in total. The van der Waals surface area contributed by atoms with E-state index in [1.165, 1.54) is 18.4 Å². The minimum absolute atomic E-state index is 0.00985. The van der Waals surface area contributed by atoms with E-state index in [9.17, 15) is 9.59 Å². The molecule has 7 heteroatoms. The van der Waals surface area contributed by atoms with E-state index in [1.807, 2.05) is 53.1 Å². The van der Waals surface area contributed by atoms with Crippen molar-refractivity contribution < 1.29 is 9.59 Å². The molecular weight excluding hydrogens is 462 g/mol. The Morgan fingerprint density at radius 1 is 0.838 bits per heavy atom. The van der Waals surface area contributed by atoms with Gasteiger partial charge in [-0.3, -0.25) is 9.69 Å². The van der Waals surface area contributed by atoms with Crippen LogP contribution in [0.3, 0.4) is 0 Å². The molecule has 3 unspecified atom stereocenters. The van der Waals surface area contributed by atoms with Crippen LogP contribution in [0, 0.1) is 6.92 Å². The second kappa shape index (κ2) is 11.2. The molecule has 2 aromatic rings. The van der Waals surface area contributed by atoms with Gasteiger partial charge in [0.05, 0.1) is 6.04 Å². The number of amides is 3. The van der Waals surface area contributed by atoms with Gasteiger partial charge in [-0.25, -0.2) is 4.79 Å². The van der Waals surface area contributed by atoms with Crippen molar-refractivity contribution in [2.24, 2.45) is 0 Å². The number of hydrogen-bond donors (Lipinski definition) is 1. The van der Waals surface area contributed by atoms with Gasteiger partial charge in [0.25, 0.3) is 5.91 Å². The summed E-state index contributed by atoms with van der Waals surface area (Å²) in [6.07, 6.45) is 4.33. The maximum atomic E-state index is 13.3. The third-order valence-corrected chi connectivity index (χ3v) is 8.65. The first-order valence-electron chi connectivity index (χ1n) is 13.8. The highest BCUT2D eigenvalue weighted by Gasteiger charge is 2.37. The van der Waals surface area contributed by atoms with E-state index < -0.39 is 0 Å². The molecule has 3 aliphatic rings. The average molecular weight is 504 g/mol. The predicted molar refractivity (Wildman–Crippen MR) is 148 cm³/mol.